The van der Waals surface area contributed by atoms with E-state index >= 15 is 0 Å². The molecular formula is C21H20BrFN4O. The van der Waals surface area contributed by atoms with E-state index in [1.54, 1.807) is 23.2 Å². The molecule has 1 amide bonds. The number of nitrogens with one attached hydrogen (secondary N) is 1. The Balaban J connectivity index is 1.91. The lowest BCUT2D eigenvalue weighted by atomic mass is 9.95. The lowest BCUT2D eigenvalue weighted by Crippen LogP contribution is -2.31. The molecule has 0 saturated heterocycles. The van der Waals surface area contributed by atoms with Crippen LogP contribution in [-0.4, -0.2) is 21.1 Å². The van der Waals surface area contributed by atoms with E-state index in [0.29, 0.717) is 17.4 Å². The van der Waals surface area contributed by atoms with E-state index in [1.807, 2.05) is 13.0 Å². The second kappa shape index (κ2) is 7.13. The Hall–Kier alpha value is -2.54. The van der Waals surface area contributed by atoms with Crippen molar-refractivity contribution in [3.05, 3.63) is 74.9 Å². The smallest absolute Gasteiger partial charge is 0.278 e. The van der Waals surface area contributed by atoms with Crippen molar-refractivity contribution >= 4 is 27.7 Å². The van der Waals surface area contributed by atoms with Crippen LogP contribution in [0.2, 0.25) is 0 Å². The number of rotatable bonds is 4. The largest absolute Gasteiger partial charge is 0.279 e. The first-order valence-corrected chi connectivity index (χ1v) is 9.94. The standard InChI is InChI=1S/C21H20BrFN4O/c1-11(2)8-16-17-18(26-25-16)21(28)27(20-12(3)9-14(22)10-24-20)19(17)13-4-6-15(23)7-5-13/h4-7,9-11,19H,8H2,1-3H3,(H,25,26). The third-order valence-electron chi connectivity index (χ3n) is 4.88. The summed E-state index contributed by atoms with van der Waals surface area (Å²) in [7, 11) is 0. The summed E-state index contributed by atoms with van der Waals surface area (Å²) in [6, 6.07) is 7.80. The number of aromatic nitrogens is 3. The van der Waals surface area contributed by atoms with Crippen LogP contribution in [0.15, 0.2) is 41.0 Å². The van der Waals surface area contributed by atoms with E-state index in [0.717, 1.165) is 33.3 Å². The van der Waals surface area contributed by atoms with Crippen LogP contribution in [0.1, 0.15) is 52.8 Å². The molecule has 1 aliphatic heterocycles. The van der Waals surface area contributed by atoms with Crippen molar-refractivity contribution in [1.82, 2.24) is 15.2 Å². The van der Waals surface area contributed by atoms with Gasteiger partial charge in [-0.1, -0.05) is 26.0 Å². The molecule has 0 spiro atoms. The summed E-state index contributed by atoms with van der Waals surface area (Å²) >= 11 is 3.42. The van der Waals surface area contributed by atoms with Gasteiger partial charge in [0, 0.05) is 16.2 Å². The minimum Gasteiger partial charge on any atom is -0.279 e. The molecule has 3 heterocycles. The summed E-state index contributed by atoms with van der Waals surface area (Å²) in [5, 5.41) is 7.34. The van der Waals surface area contributed by atoms with Gasteiger partial charge in [-0.3, -0.25) is 14.8 Å². The number of amides is 1. The number of fused-ring (bicyclic) bond motifs is 1. The van der Waals surface area contributed by atoms with Gasteiger partial charge in [-0.2, -0.15) is 5.10 Å². The zero-order valence-electron chi connectivity index (χ0n) is 15.8. The fourth-order valence-corrected chi connectivity index (χ4v) is 4.17. The number of anilines is 1. The first-order chi connectivity index (χ1) is 13.4. The Kier molecular flexibility index (Phi) is 4.79. The molecule has 0 radical (unpaired) electrons. The third-order valence-corrected chi connectivity index (χ3v) is 5.31. The summed E-state index contributed by atoms with van der Waals surface area (Å²) in [6.45, 7) is 6.15. The van der Waals surface area contributed by atoms with Gasteiger partial charge in [0.05, 0.1) is 11.7 Å². The minimum absolute atomic E-state index is 0.176. The maximum absolute atomic E-state index is 13.5. The van der Waals surface area contributed by atoms with Crippen molar-refractivity contribution < 1.29 is 9.18 Å². The molecule has 0 bridgehead atoms. The van der Waals surface area contributed by atoms with Crippen molar-refractivity contribution in [1.29, 1.82) is 0 Å². The summed E-state index contributed by atoms with van der Waals surface area (Å²) < 4.78 is 14.4. The van der Waals surface area contributed by atoms with Gasteiger partial charge in [0.15, 0.2) is 0 Å². The maximum atomic E-state index is 13.5. The summed E-state index contributed by atoms with van der Waals surface area (Å²) in [5.74, 6) is 0.484. The van der Waals surface area contributed by atoms with Crippen molar-refractivity contribution in [2.75, 3.05) is 4.90 Å². The number of carbonyl (C=O) groups excluding carboxylic acids is 1. The zero-order chi connectivity index (χ0) is 20.0. The summed E-state index contributed by atoms with van der Waals surface area (Å²) in [5.41, 5.74) is 3.90. The van der Waals surface area contributed by atoms with Gasteiger partial charge in [-0.15, -0.1) is 0 Å². The van der Waals surface area contributed by atoms with Crippen molar-refractivity contribution in [2.45, 2.75) is 33.2 Å². The molecule has 1 unspecified atom stereocenters. The fourth-order valence-electron chi connectivity index (χ4n) is 3.72. The molecule has 1 atom stereocenters. The van der Waals surface area contributed by atoms with Gasteiger partial charge >= 0.3 is 0 Å². The molecule has 0 saturated carbocycles. The van der Waals surface area contributed by atoms with Crippen LogP contribution < -0.4 is 4.90 Å². The van der Waals surface area contributed by atoms with Crippen LogP contribution >= 0.6 is 15.9 Å². The second-order valence-electron chi connectivity index (χ2n) is 7.48. The van der Waals surface area contributed by atoms with Crippen molar-refractivity contribution in [3.8, 4) is 0 Å². The number of nitrogens with zero attached hydrogens (tertiary/aromatic N) is 3. The molecule has 5 nitrogen and oxygen atoms in total. The van der Waals surface area contributed by atoms with Crippen LogP contribution in [-0.2, 0) is 6.42 Å². The Morgan fingerprint density at radius 3 is 2.64 bits per heavy atom. The zero-order valence-corrected chi connectivity index (χ0v) is 17.4. The number of halogens is 2. The molecule has 28 heavy (non-hydrogen) atoms. The Labute approximate surface area is 171 Å². The summed E-state index contributed by atoms with van der Waals surface area (Å²) in [6.07, 6.45) is 2.43. The lowest BCUT2D eigenvalue weighted by Gasteiger charge is -2.27. The molecule has 1 aromatic carbocycles. The molecule has 7 heteroatoms. The normalized spacial score (nSPS) is 16.1. The number of pyridine rings is 1. The van der Waals surface area contributed by atoms with Gasteiger partial charge in [0.1, 0.15) is 17.3 Å². The van der Waals surface area contributed by atoms with Crippen LogP contribution in [0.25, 0.3) is 0 Å². The van der Waals surface area contributed by atoms with Crippen LogP contribution in [0.5, 0.6) is 0 Å². The Morgan fingerprint density at radius 1 is 1.29 bits per heavy atom. The molecule has 0 fully saturated rings. The highest BCUT2D eigenvalue weighted by molar-refractivity contribution is 9.10. The monoisotopic (exact) mass is 442 g/mol. The van der Waals surface area contributed by atoms with E-state index in [-0.39, 0.29) is 11.7 Å². The highest BCUT2D eigenvalue weighted by atomic mass is 79.9. The predicted molar refractivity (Wildman–Crippen MR) is 109 cm³/mol. The van der Waals surface area contributed by atoms with E-state index in [2.05, 4.69) is 45.0 Å². The highest BCUT2D eigenvalue weighted by Crippen LogP contribution is 2.43. The summed E-state index contributed by atoms with van der Waals surface area (Å²) in [4.78, 5) is 19.5. The Bertz CT molecular complexity index is 1050. The quantitative estimate of drug-likeness (QED) is 0.620. The van der Waals surface area contributed by atoms with E-state index < -0.39 is 6.04 Å². The molecule has 1 N–H and O–H groups in total. The maximum Gasteiger partial charge on any atom is 0.278 e. The molecule has 144 valence electrons. The number of hydrogen-bond acceptors (Lipinski definition) is 3. The van der Waals surface area contributed by atoms with Crippen molar-refractivity contribution in [2.24, 2.45) is 5.92 Å². The Morgan fingerprint density at radius 2 is 2.00 bits per heavy atom. The lowest BCUT2D eigenvalue weighted by molar-refractivity contribution is 0.0988. The van der Waals surface area contributed by atoms with Gasteiger partial charge in [0.2, 0.25) is 0 Å². The first-order valence-electron chi connectivity index (χ1n) is 9.15. The van der Waals surface area contributed by atoms with Gasteiger partial charge in [-0.25, -0.2) is 9.37 Å². The predicted octanol–water partition coefficient (Wildman–Crippen LogP) is 4.96. The van der Waals surface area contributed by atoms with Gasteiger partial charge < -0.3 is 0 Å². The number of H-pyrrole nitrogens is 1. The second-order valence-corrected chi connectivity index (χ2v) is 8.40. The van der Waals surface area contributed by atoms with E-state index in [9.17, 15) is 9.18 Å². The highest BCUT2D eigenvalue weighted by Gasteiger charge is 2.43. The number of carbonyl (C=O) groups is 1. The minimum atomic E-state index is -0.400. The van der Waals surface area contributed by atoms with Crippen LogP contribution in [0, 0.1) is 18.7 Å². The molecule has 4 rings (SSSR count). The average Bonchev–Trinajstić information content (AvgIpc) is 3.15. The molecule has 1 aliphatic rings. The van der Waals surface area contributed by atoms with Crippen LogP contribution in [0.3, 0.4) is 0 Å². The topological polar surface area (TPSA) is 61.9 Å². The molecular weight excluding hydrogens is 423 g/mol. The van der Waals surface area contributed by atoms with E-state index in [4.69, 9.17) is 0 Å². The average molecular weight is 443 g/mol. The van der Waals surface area contributed by atoms with Crippen LogP contribution in [0.4, 0.5) is 10.2 Å². The fraction of sp³-hybridized carbons (Fsp3) is 0.286. The van der Waals surface area contributed by atoms with E-state index in [1.165, 1.54) is 12.1 Å². The van der Waals surface area contributed by atoms with Gasteiger partial charge in [-0.05, 0) is 64.5 Å². The third kappa shape index (κ3) is 3.13. The number of hydrogen-bond donors (Lipinski definition) is 1. The number of aromatic amines is 1. The number of aryl methyl sites for hydroxylation is 1. The first kappa shape index (κ1) is 18.8. The molecule has 3 aromatic rings. The van der Waals surface area contributed by atoms with Crippen molar-refractivity contribution in [3.63, 3.8) is 0 Å². The molecule has 0 aliphatic carbocycles. The SMILES string of the molecule is Cc1cc(Br)cnc1N1C(=O)c2[nH]nc(CC(C)C)c2C1c1ccc(F)cc1. The number of benzene rings is 1. The molecule has 2 aromatic heterocycles. The van der Waals surface area contributed by atoms with Gasteiger partial charge in [0.25, 0.3) is 5.91 Å².